The highest BCUT2D eigenvalue weighted by Gasteiger charge is 2.02. The highest BCUT2D eigenvalue weighted by atomic mass is 79.9. The van der Waals surface area contributed by atoms with Gasteiger partial charge in [-0.2, -0.15) is 0 Å². The van der Waals surface area contributed by atoms with Crippen molar-refractivity contribution >= 4 is 21.8 Å². The first-order valence-corrected chi connectivity index (χ1v) is 5.40. The molecule has 0 aromatic carbocycles. The van der Waals surface area contributed by atoms with Gasteiger partial charge in [0.1, 0.15) is 5.69 Å². The molecule has 0 aliphatic carbocycles. The number of aromatic nitrogens is 1. The van der Waals surface area contributed by atoms with Gasteiger partial charge < -0.3 is 5.73 Å². The molecule has 1 aromatic heterocycles. The molecule has 1 atom stereocenters. The third-order valence-electron chi connectivity index (χ3n) is 1.91. The molecule has 0 spiro atoms. The van der Waals surface area contributed by atoms with Crippen LogP contribution in [0.25, 0.3) is 0 Å². The first kappa shape index (κ1) is 11.2. The van der Waals surface area contributed by atoms with Crippen LogP contribution in [0.2, 0.25) is 0 Å². The number of halogens is 1. The number of pyridine rings is 1. The maximum absolute atomic E-state index is 10.7. The Balaban J connectivity index is 2.60. The third-order valence-corrected chi connectivity index (χ3v) is 2.37. The van der Waals surface area contributed by atoms with Crippen molar-refractivity contribution < 1.29 is 4.79 Å². The Bertz CT molecular complexity index is 308. The van der Waals surface area contributed by atoms with Gasteiger partial charge in [0, 0.05) is 11.0 Å². The molecule has 76 valence electrons. The second kappa shape index (κ2) is 5.10. The molecule has 0 fully saturated rings. The maximum Gasteiger partial charge on any atom is 0.267 e. The summed E-state index contributed by atoms with van der Waals surface area (Å²) in [5.74, 6) is -0.481. The minimum absolute atomic E-state index is 0.320. The molecular weight excluding hydrogens is 244 g/mol. The fraction of sp³-hybridized carbons (Fsp3) is 0.400. The van der Waals surface area contributed by atoms with Crippen molar-refractivity contribution in [2.45, 2.75) is 24.6 Å². The van der Waals surface area contributed by atoms with E-state index >= 15 is 0 Å². The summed E-state index contributed by atoms with van der Waals surface area (Å²) >= 11 is 3.48. The average molecular weight is 257 g/mol. The van der Waals surface area contributed by atoms with Gasteiger partial charge in [-0.15, -0.1) is 0 Å². The number of alkyl halides is 1. The van der Waals surface area contributed by atoms with Crippen LogP contribution in [0.3, 0.4) is 0 Å². The quantitative estimate of drug-likeness (QED) is 0.837. The van der Waals surface area contributed by atoms with Crippen LogP contribution in [0, 0.1) is 0 Å². The number of hydrogen-bond acceptors (Lipinski definition) is 2. The van der Waals surface area contributed by atoms with Gasteiger partial charge in [0.2, 0.25) is 0 Å². The Morgan fingerprint density at radius 3 is 2.79 bits per heavy atom. The topological polar surface area (TPSA) is 56.0 Å². The second-order valence-corrected chi connectivity index (χ2v) is 4.80. The second-order valence-electron chi connectivity index (χ2n) is 3.24. The Kier molecular flexibility index (Phi) is 4.07. The molecule has 0 aliphatic rings. The number of amides is 1. The van der Waals surface area contributed by atoms with Crippen LogP contribution in [0.4, 0.5) is 0 Å². The summed E-state index contributed by atoms with van der Waals surface area (Å²) in [6, 6.07) is 3.55. The molecule has 1 aromatic rings. The molecule has 0 radical (unpaired) electrons. The number of carbonyl (C=O) groups is 1. The average Bonchev–Trinajstić information content (AvgIpc) is 2.15. The Hall–Kier alpha value is -0.900. The lowest BCUT2D eigenvalue weighted by molar-refractivity contribution is 0.0995. The molecule has 2 N–H and O–H groups in total. The van der Waals surface area contributed by atoms with Crippen LogP contribution < -0.4 is 5.73 Å². The zero-order valence-corrected chi connectivity index (χ0v) is 9.62. The van der Waals surface area contributed by atoms with Gasteiger partial charge in [-0.05, 0) is 24.5 Å². The SMILES string of the molecule is CC(Br)CCc1ccc(C(N)=O)nc1. The number of aryl methyl sites for hydroxylation is 1. The van der Waals surface area contributed by atoms with Crippen LogP contribution >= 0.6 is 15.9 Å². The molecule has 0 aliphatic heterocycles. The Morgan fingerprint density at radius 2 is 2.36 bits per heavy atom. The van der Waals surface area contributed by atoms with Crippen molar-refractivity contribution in [2.24, 2.45) is 5.73 Å². The zero-order valence-electron chi connectivity index (χ0n) is 8.03. The summed E-state index contributed by atoms with van der Waals surface area (Å²) in [6.45, 7) is 2.10. The predicted octanol–water partition coefficient (Wildman–Crippen LogP) is 1.90. The lowest BCUT2D eigenvalue weighted by Gasteiger charge is -2.03. The van der Waals surface area contributed by atoms with Gasteiger partial charge in [-0.3, -0.25) is 9.78 Å². The molecule has 4 heteroatoms. The van der Waals surface area contributed by atoms with Crippen molar-refractivity contribution in [3.63, 3.8) is 0 Å². The molecule has 1 rings (SSSR count). The normalized spacial score (nSPS) is 12.4. The molecule has 1 amide bonds. The van der Waals surface area contributed by atoms with Gasteiger partial charge in [0.05, 0.1) is 0 Å². The van der Waals surface area contributed by atoms with E-state index in [4.69, 9.17) is 5.73 Å². The predicted molar refractivity (Wildman–Crippen MR) is 59.5 cm³/mol. The first-order chi connectivity index (χ1) is 6.59. The van der Waals surface area contributed by atoms with E-state index in [1.54, 1.807) is 12.3 Å². The monoisotopic (exact) mass is 256 g/mol. The summed E-state index contributed by atoms with van der Waals surface area (Å²) in [4.78, 5) is 15.2. The van der Waals surface area contributed by atoms with Gasteiger partial charge >= 0.3 is 0 Å². The number of nitrogens with zero attached hydrogens (tertiary/aromatic N) is 1. The summed E-state index contributed by atoms with van der Waals surface area (Å²) in [5.41, 5.74) is 6.52. The van der Waals surface area contributed by atoms with E-state index in [0.29, 0.717) is 10.5 Å². The van der Waals surface area contributed by atoms with Gasteiger partial charge in [0.15, 0.2) is 0 Å². The molecule has 1 unspecified atom stereocenters. The number of rotatable bonds is 4. The van der Waals surface area contributed by atoms with E-state index in [1.165, 1.54) is 0 Å². The lowest BCUT2D eigenvalue weighted by atomic mass is 10.1. The van der Waals surface area contributed by atoms with Crippen LogP contribution in [0.1, 0.15) is 29.4 Å². The Labute approximate surface area is 91.8 Å². The molecular formula is C10H13BrN2O. The zero-order chi connectivity index (χ0) is 10.6. The molecule has 0 bridgehead atoms. The van der Waals surface area contributed by atoms with E-state index in [0.717, 1.165) is 18.4 Å². The minimum Gasteiger partial charge on any atom is -0.364 e. The molecule has 3 nitrogen and oxygen atoms in total. The minimum atomic E-state index is -0.481. The number of nitrogens with two attached hydrogens (primary N) is 1. The highest BCUT2D eigenvalue weighted by molar-refractivity contribution is 9.09. The van der Waals surface area contributed by atoms with Crippen LogP contribution in [-0.4, -0.2) is 15.7 Å². The van der Waals surface area contributed by atoms with Crippen molar-refractivity contribution in [3.8, 4) is 0 Å². The maximum atomic E-state index is 10.7. The molecule has 0 saturated heterocycles. The van der Waals surface area contributed by atoms with Crippen molar-refractivity contribution in [2.75, 3.05) is 0 Å². The van der Waals surface area contributed by atoms with E-state index < -0.39 is 5.91 Å². The van der Waals surface area contributed by atoms with Crippen molar-refractivity contribution in [1.82, 2.24) is 4.98 Å². The standard InChI is InChI=1S/C10H13BrN2O/c1-7(11)2-3-8-4-5-9(10(12)14)13-6-8/h4-7H,2-3H2,1H3,(H2,12,14). The first-order valence-electron chi connectivity index (χ1n) is 4.48. The van der Waals surface area contributed by atoms with Gasteiger partial charge in [0.25, 0.3) is 5.91 Å². The number of hydrogen-bond donors (Lipinski definition) is 1. The lowest BCUT2D eigenvalue weighted by Crippen LogP contribution is -2.12. The van der Waals surface area contributed by atoms with Crippen molar-refractivity contribution in [3.05, 3.63) is 29.6 Å². The number of primary amides is 1. The largest absolute Gasteiger partial charge is 0.364 e. The third kappa shape index (κ3) is 3.46. The molecule has 1 heterocycles. The molecule has 14 heavy (non-hydrogen) atoms. The van der Waals surface area contributed by atoms with Crippen molar-refractivity contribution in [1.29, 1.82) is 0 Å². The van der Waals surface area contributed by atoms with Gasteiger partial charge in [-0.25, -0.2) is 0 Å². The van der Waals surface area contributed by atoms with E-state index in [9.17, 15) is 4.79 Å². The van der Waals surface area contributed by atoms with E-state index in [1.807, 2.05) is 6.07 Å². The smallest absolute Gasteiger partial charge is 0.267 e. The highest BCUT2D eigenvalue weighted by Crippen LogP contribution is 2.09. The fourth-order valence-electron chi connectivity index (χ4n) is 1.08. The van der Waals surface area contributed by atoms with Gasteiger partial charge in [-0.1, -0.05) is 28.9 Å². The Morgan fingerprint density at radius 1 is 1.64 bits per heavy atom. The molecule has 0 saturated carbocycles. The van der Waals surface area contributed by atoms with Crippen LogP contribution in [-0.2, 0) is 6.42 Å². The van der Waals surface area contributed by atoms with E-state index in [-0.39, 0.29) is 0 Å². The van der Waals surface area contributed by atoms with Crippen LogP contribution in [0.5, 0.6) is 0 Å². The summed E-state index contributed by atoms with van der Waals surface area (Å²) in [7, 11) is 0. The summed E-state index contributed by atoms with van der Waals surface area (Å²) in [6.07, 6.45) is 3.71. The fourth-order valence-corrected chi connectivity index (χ4v) is 1.31. The number of carbonyl (C=O) groups excluding carboxylic acids is 1. The summed E-state index contributed by atoms with van der Waals surface area (Å²) < 4.78 is 0. The summed E-state index contributed by atoms with van der Waals surface area (Å²) in [5, 5.41) is 0. The van der Waals surface area contributed by atoms with Crippen LogP contribution in [0.15, 0.2) is 18.3 Å². The van der Waals surface area contributed by atoms with E-state index in [2.05, 4.69) is 27.8 Å².